The molecule has 1 aliphatic rings. The smallest absolute Gasteiger partial charge is 0.224 e. The van der Waals surface area contributed by atoms with Gasteiger partial charge in [-0.2, -0.15) is 0 Å². The first-order chi connectivity index (χ1) is 11.7. The molecule has 0 unspecified atom stereocenters. The van der Waals surface area contributed by atoms with Crippen LogP contribution in [0.15, 0.2) is 42.5 Å². The molecule has 0 saturated carbocycles. The van der Waals surface area contributed by atoms with E-state index in [0.29, 0.717) is 19.6 Å². The van der Waals surface area contributed by atoms with Gasteiger partial charge in [-0.05, 0) is 34.9 Å². The Balaban J connectivity index is 1.97. The molecule has 0 bridgehead atoms. The number of hydrogen-bond acceptors (Lipinski definition) is 3. The predicted molar refractivity (Wildman–Crippen MR) is 95.9 cm³/mol. The van der Waals surface area contributed by atoms with Crippen LogP contribution in [-0.2, 0) is 11.3 Å². The van der Waals surface area contributed by atoms with Gasteiger partial charge in [-0.3, -0.25) is 4.79 Å². The second-order valence-corrected chi connectivity index (χ2v) is 5.78. The summed E-state index contributed by atoms with van der Waals surface area (Å²) in [7, 11) is 0. The Kier molecular flexibility index (Phi) is 4.96. The monoisotopic (exact) mass is 323 g/mol. The first kappa shape index (κ1) is 16.3. The number of nitrogens with zero attached hydrogens (tertiary/aromatic N) is 1. The lowest BCUT2D eigenvalue weighted by Crippen LogP contribution is -2.29. The summed E-state index contributed by atoms with van der Waals surface area (Å²) in [6, 6.07) is 13.8. The molecular formula is C20H21NO3. The summed E-state index contributed by atoms with van der Waals surface area (Å²) in [5.74, 6) is 0.794. The largest absolute Gasteiger partial charge is 0.493 e. The van der Waals surface area contributed by atoms with Crippen LogP contribution in [0, 0.1) is 0 Å². The highest BCUT2D eigenvalue weighted by Gasteiger charge is 2.18. The summed E-state index contributed by atoms with van der Waals surface area (Å²) in [5, 5.41) is 8.85. The number of anilines is 1. The van der Waals surface area contributed by atoms with Crippen LogP contribution in [0.1, 0.15) is 30.0 Å². The van der Waals surface area contributed by atoms with Gasteiger partial charge >= 0.3 is 0 Å². The van der Waals surface area contributed by atoms with Crippen molar-refractivity contribution in [1.82, 2.24) is 0 Å². The van der Waals surface area contributed by atoms with Crippen molar-refractivity contribution in [2.45, 2.75) is 19.9 Å². The van der Waals surface area contributed by atoms with E-state index in [-0.39, 0.29) is 12.5 Å². The molecule has 4 heteroatoms. The maximum Gasteiger partial charge on any atom is 0.224 e. The summed E-state index contributed by atoms with van der Waals surface area (Å²) >= 11 is 0. The third-order valence-corrected chi connectivity index (χ3v) is 4.07. The molecule has 1 N–H and O–H groups in total. The van der Waals surface area contributed by atoms with Gasteiger partial charge in [0.1, 0.15) is 5.75 Å². The number of aliphatic hydroxyl groups excluding tert-OH is 1. The van der Waals surface area contributed by atoms with Gasteiger partial charge in [0.15, 0.2) is 0 Å². The summed E-state index contributed by atoms with van der Waals surface area (Å²) in [5.41, 5.74) is 4.06. The summed E-state index contributed by atoms with van der Waals surface area (Å²) < 4.78 is 5.65. The lowest BCUT2D eigenvalue weighted by atomic mass is 10.0. The highest BCUT2D eigenvalue weighted by molar-refractivity contribution is 5.95. The second-order valence-electron chi connectivity index (χ2n) is 5.78. The van der Waals surface area contributed by atoms with E-state index in [0.717, 1.165) is 28.1 Å². The quantitative estimate of drug-likeness (QED) is 0.876. The fourth-order valence-electron chi connectivity index (χ4n) is 2.81. The maximum absolute atomic E-state index is 12.1. The third kappa shape index (κ3) is 3.49. The van der Waals surface area contributed by atoms with Crippen molar-refractivity contribution >= 4 is 23.7 Å². The van der Waals surface area contributed by atoms with Crippen molar-refractivity contribution < 1.29 is 14.6 Å². The highest BCUT2D eigenvalue weighted by atomic mass is 16.5. The number of hydrogen-bond donors (Lipinski definition) is 1. The number of rotatable bonds is 4. The Morgan fingerprint density at radius 1 is 1.17 bits per heavy atom. The van der Waals surface area contributed by atoms with Gasteiger partial charge in [0, 0.05) is 20.0 Å². The van der Waals surface area contributed by atoms with E-state index in [9.17, 15) is 4.79 Å². The van der Waals surface area contributed by atoms with Crippen molar-refractivity contribution in [2.24, 2.45) is 0 Å². The number of carbonyl (C=O) groups is 1. The molecule has 124 valence electrons. The fourth-order valence-corrected chi connectivity index (χ4v) is 2.81. The number of benzene rings is 2. The van der Waals surface area contributed by atoms with Gasteiger partial charge in [0.2, 0.25) is 5.91 Å². The molecule has 0 atom stereocenters. The molecule has 24 heavy (non-hydrogen) atoms. The van der Waals surface area contributed by atoms with Crippen LogP contribution in [-0.4, -0.2) is 24.2 Å². The van der Waals surface area contributed by atoms with Gasteiger partial charge in [-0.15, -0.1) is 0 Å². The normalized spacial score (nSPS) is 14.2. The first-order valence-corrected chi connectivity index (χ1v) is 8.11. The lowest BCUT2D eigenvalue weighted by molar-refractivity contribution is -0.116. The molecule has 0 fully saturated rings. The number of ether oxygens (including phenoxy) is 1. The Bertz CT molecular complexity index is 767. The van der Waals surface area contributed by atoms with E-state index in [1.165, 1.54) is 0 Å². The molecular weight excluding hydrogens is 302 g/mol. The van der Waals surface area contributed by atoms with Gasteiger partial charge < -0.3 is 14.7 Å². The van der Waals surface area contributed by atoms with Crippen LogP contribution in [0.3, 0.4) is 0 Å². The average molecular weight is 323 g/mol. The summed E-state index contributed by atoms with van der Waals surface area (Å²) in [6.07, 6.45) is 4.70. The molecule has 0 aromatic heterocycles. The van der Waals surface area contributed by atoms with Crippen LogP contribution < -0.4 is 9.64 Å². The maximum atomic E-state index is 12.1. The Morgan fingerprint density at radius 2 is 1.96 bits per heavy atom. The second kappa shape index (κ2) is 7.32. The van der Waals surface area contributed by atoms with E-state index in [1.54, 1.807) is 11.8 Å². The Labute approximate surface area is 142 Å². The van der Waals surface area contributed by atoms with E-state index < -0.39 is 0 Å². The average Bonchev–Trinajstić information content (AvgIpc) is 2.57. The zero-order valence-corrected chi connectivity index (χ0v) is 13.7. The third-order valence-electron chi connectivity index (χ3n) is 4.07. The van der Waals surface area contributed by atoms with Gasteiger partial charge in [0.05, 0.1) is 18.8 Å². The predicted octanol–water partition coefficient (Wildman–Crippen LogP) is 3.48. The molecule has 3 rings (SSSR count). The Hall–Kier alpha value is -2.59. The lowest BCUT2D eigenvalue weighted by Gasteiger charge is -2.26. The molecule has 1 aliphatic heterocycles. The van der Waals surface area contributed by atoms with Crippen LogP contribution in [0.5, 0.6) is 5.75 Å². The number of amides is 1. The first-order valence-electron chi connectivity index (χ1n) is 8.11. The van der Waals surface area contributed by atoms with Gasteiger partial charge in [-0.1, -0.05) is 36.4 Å². The van der Waals surface area contributed by atoms with Crippen LogP contribution in [0.4, 0.5) is 5.69 Å². The van der Waals surface area contributed by atoms with Crippen molar-refractivity contribution in [3.8, 4) is 5.75 Å². The molecule has 1 amide bonds. The minimum atomic E-state index is 0.0203. The number of fused-ring (bicyclic) bond motifs is 2. The van der Waals surface area contributed by atoms with Gasteiger partial charge in [0.25, 0.3) is 0 Å². The SMILES string of the molecule is CC(=O)N1Cc2ccc(OCCCO)cc2/C=C\c2ccccc21. The molecule has 0 saturated heterocycles. The topological polar surface area (TPSA) is 49.8 Å². The molecule has 0 aliphatic carbocycles. The fraction of sp³-hybridized carbons (Fsp3) is 0.250. The minimum Gasteiger partial charge on any atom is -0.493 e. The van der Waals surface area contributed by atoms with Crippen LogP contribution in [0.25, 0.3) is 12.2 Å². The molecule has 2 aromatic carbocycles. The standard InChI is InChI=1S/C20H21NO3/c1-15(23)21-14-18-9-10-19(24-12-4-11-22)13-17(18)8-7-16-5-2-3-6-20(16)21/h2-3,5-10,13,22H,4,11-12,14H2,1H3/b8-7-. The van der Waals surface area contributed by atoms with Crippen molar-refractivity contribution in [3.63, 3.8) is 0 Å². The minimum absolute atomic E-state index is 0.0203. The van der Waals surface area contributed by atoms with E-state index >= 15 is 0 Å². The molecule has 2 aromatic rings. The number of aliphatic hydroxyl groups is 1. The zero-order valence-electron chi connectivity index (χ0n) is 13.7. The number of carbonyl (C=O) groups excluding carboxylic acids is 1. The van der Waals surface area contributed by atoms with Crippen LogP contribution in [0.2, 0.25) is 0 Å². The molecule has 1 heterocycles. The summed E-state index contributed by atoms with van der Waals surface area (Å²) in [4.78, 5) is 13.9. The van der Waals surface area contributed by atoms with Gasteiger partial charge in [-0.25, -0.2) is 0 Å². The zero-order chi connectivity index (χ0) is 16.9. The highest BCUT2D eigenvalue weighted by Crippen LogP contribution is 2.30. The van der Waals surface area contributed by atoms with E-state index in [2.05, 4.69) is 6.08 Å². The number of para-hydroxylation sites is 1. The Morgan fingerprint density at radius 3 is 2.75 bits per heavy atom. The van der Waals surface area contributed by atoms with Crippen molar-refractivity contribution in [3.05, 3.63) is 59.2 Å². The van der Waals surface area contributed by atoms with Crippen LogP contribution >= 0.6 is 0 Å². The molecule has 0 spiro atoms. The molecule has 4 nitrogen and oxygen atoms in total. The van der Waals surface area contributed by atoms with E-state index in [1.807, 2.05) is 48.5 Å². The van der Waals surface area contributed by atoms with Crippen molar-refractivity contribution in [1.29, 1.82) is 0 Å². The summed E-state index contributed by atoms with van der Waals surface area (Å²) in [6.45, 7) is 2.73. The van der Waals surface area contributed by atoms with Crippen molar-refractivity contribution in [2.75, 3.05) is 18.1 Å². The molecule has 0 radical (unpaired) electrons. The van der Waals surface area contributed by atoms with E-state index in [4.69, 9.17) is 9.84 Å².